The van der Waals surface area contributed by atoms with Gasteiger partial charge in [-0.05, 0) is 122 Å². The zero-order valence-corrected chi connectivity index (χ0v) is 29.4. The SMILES string of the molecule is c1ccc(-c2nc3cccc4c3n2-c2ccc(-c3cc(-c5ccc6ccccc6c5)cc(-c5ccc6ccccc6c5)c3)cc2N4c2ccccc2)cc1. The Hall–Kier alpha value is -7.23. The fourth-order valence-corrected chi connectivity index (χ4v) is 8.23. The first kappa shape index (κ1) is 30.4. The van der Waals surface area contributed by atoms with Gasteiger partial charge in [-0.15, -0.1) is 0 Å². The van der Waals surface area contributed by atoms with Crippen LogP contribution in [0.4, 0.5) is 17.1 Å². The van der Waals surface area contributed by atoms with Gasteiger partial charge in [-0.2, -0.15) is 0 Å². The lowest BCUT2D eigenvalue weighted by atomic mass is 9.91. The summed E-state index contributed by atoms with van der Waals surface area (Å²) in [6, 6.07) is 72.4. The van der Waals surface area contributed by atoms with E-state index in [4.69, 9.17) is 4.98 Å². The van der Waals surface area contributed by atoms with Crippen LogP contribution in [-0.4, -0.2) is 9.55 Å². The molecule has 10 aromatic rings. The van der Waals surface area contributed by atoms with Gasteiger partial charge in [0.25, 0.3) is 0 Å². The van der Waals surface area contributed by atoms with Crippen molar-refractivity contribution in [3.63, 3.8) is 0 Å². The molecule has 3 nitrogen and oxygen atoms in total. The maximum Gasteiger partial charge on any atom is 0.145 e. The molecule has 3 heteroatoms. The first-order valence-electron chi connectivity index (χ1n) is 18.5. The molecule has 1 aliphatic rings. The van der Waals surface area contributed by atoms with Gasteiger partial charge < -0.3 is 4.90 Å². The molecule has 1 aliphatic heterocycles. The number of hydrogen-bond donors (Lipinski definition) is 0. The van der Waals surface area contributed by atoms with Gasteiger partial charge in [0.15, 0.2) is 0 Å². The van der Waals surface area contributed by atoms with Gasteiger partial charge in [0.2, 0.25) is 0 Å². The maximum absolute atomic E-state index is 5.23. The zero-order valence-electron chi connectivity index (χ0n) is 29.4. The average Bonchev–Trinajstić information content (AvgIpc) is 3.64. The number of aromatic nitrogens is 2. The van der Waals surface area contributed by atoms with Crippen molar-refractivity contribution in [3.8, 4) is 50.5 Å². The Morgan fingerprint density at radius 1 is 0.315 bits per heavy atom. The minimum atomic E-state index is 0.941. The number of benzene rings is 9. The Labute approximate surface area is 313 Å². The Bertz CT molecular complexity index is 2950. The van der Waals surface area contributed by atoms with Gasteiger partial charge in [0.1, 0.15) is 5.82 Å². The number of anilines is 3. The Kier molecular flexibility index (Phi) is 6.86. The van der Waals surface area contributed by atoms with E-state index in [1.54, 1.807) is 0 Å². The number of fused-ring (bicyclic) bond motifs is 4. The van der Waals surface area contributed by atoms with Crippen LogP contribution in [0.25, 0.3) is 83.0 Å². The lowest BCUT2D eigenvalue weighted by molar-refractivity contribution is 1.06. The molecule has 0 amide bonds. The molecule has 11 rings (SSSR count). The molecule has 2 heterocycles. The van der Waals surface area contributed by atoms with E-state index in [-0.39, 0.29) is 0 Å². The van der Waals surface area contributed by atoms with E-state index in [9.17, 15) is 0 Å². The molecule has 0 fully saturated rings. The highest BCUT2D eigenvalue weighted by molar-refractivity contribution is 6.04. The van der Waals surface area contributed by atoms with E-state index in [2.05, 4.69) is 210 Å². The van der Waals surface area contributed by atoms with Crippen LogP contribution in [0, 0.1) is 0 Å². The monoisotopic (exact) mass is 687 g/mol. The molecule has 0 saturated carbocycles. The van der Waals surface area contributed by atoms with Crippen LogP contribution >= 0.6 is 0 Å². The fraction of sp³-hybridized carbons (Fsp3) is 0. The first-order valence-corrected chi connectivity index (χ1v) is 18.5. The fourth-order valence-electron chi connectivity index (χ4n) is 8.23. The lowest BCUT2D eigenvalue weighted by Gasteiger charge is -2.33. The maximum atomic E-state index is 5.23. The van der Waals surface area contributed by atoms with E-state index < -0.39 is 0 Å². The van der Waals surface area contributed by atoms with Crippen LogP contribution in [0.1, 0.15) is 0 Å². The van der Waals surface area contributed by atoms with Crippen LogP contribution in [0.15, 0.2) is 200 Å². The second-order valence-electron chi connectivity index (χ2n) is 14.1. The minimum Gasteiger partial charge on any atom is -0.306 e. The lowest BCUT2D eigenvalue weighted by Crippen LogP contribution is -2.18. The molecule has 0 radical (unpaired) electrons. The molecule has 0 saturated heterocycles. The van der Waals surface area contributed by atoms with Gasteiger partial charge >= 0.3 is 0 Å². The van der Waals surface area contributed by atoms with Crippen LogP contribution in [0.5, 0.6) is 0 Å². The Morgan fingerprint density at radius 2 is 0.852 bits per heavy atom. The van der Waals surface area contributed by atoms with E-state index in [0.717, 1.165) is 56.3 Å². The molecule has 0 aliphatic carbocycles. The van der Waals surface area contributed by atoms with E-state index >= 15 is 0 Å². The highest BCUT2D eigenvalue weighted by atomic mass is 15.2. The molecule has 0 spiro atoms. The van der Waals surface area contributed by atoms with Crippen molar-refractivity contribution in [1.82, 2.24) is 9.55 Å². The molecule has 0 atom stereocenters. The van der Waals surface area contributed by atoms with Crippen LogP contribution in [-0.2, 0) is 0 Å². The van der Waals surface area contributed by atoms with Crippen LogP contribution in [0.2, 0.25) is 0 Å². The average molecular weight is 688 g/mol. The quantitative estimate of drug-likeness (QED) is 0.180. The van der Waals surface area contributed by atoms with Crippen LogP contribution in [0.3, 0.4) is 0 Å². The molecule has 0 N–H and O–H groups in total. The van der Waals surface area contributed by atoms with Crippen molar-refractivity contribution in [2.24, 2.45) is 0 Å². The third-order valence-electron chi connectivity index (χ3n) is 10.8. The van der Waals surface area contributed by atoms with E-state index in [0.29, 0.717) is 0 Å². The number of rotatable bonds is 5. The normalized spacial score (nSPS) is 12.0. The number of para-hydroxylation sites is 2. The van der Waals surface area contributed by atoms with E-state index in [1.165, 1.54) is 43.8 Å². The van der Waals surface area contributed by atoms with Crippen molar-refractivity contribution >= 4 is 49.6 Å². The summed E-state index contributed by atoms with van der Waals surface area (Å²) < 4.78 is 2.35. The van der Waals surface area contributed by atoms with Crippen molar-refractivity contribution < 1.29 is 0 Å². The zero-order chi connectivity index (χ0) is 35.6. The molecule has 9 aromatic carbocycles. The minimum absolute atomic E-state index is 0.941. The second-order valence-corrected chi connectivity index (χ2v) is 14.1. The largest absolute Gasteiger partial charge is 0.306 e. The van der Waals surface area contributed by atoms with Gasteiger partial charge in [0.05, 0.1) is 28.1 Å². The molecular weight excluding hydrogens is 655 g/mol. The summed E-state index contributed by atoms with van der Waals surface area (Å²) in [5.41, 5.74) is 14.7. The molecule has 252 valence electrons. The van der Waals surface area contributed by atoms with Gasteiger partial charge in [0, 0.05) is 11.3 Å². The van der Waals surface area contributed by atoms with E-state index in [1.807, 2.05) is 0 Å². The number of imidazole rings is 1. The highest BCUT2D eigenvalue weighted by Crippen LogP contribution is 2.49. The summed E-state index contributed by atoms with van der Waals surface area (Å²) in [6.45, 7) is 0. The van der Waals surface area contributed by atoms with Crippen molar-refractivity contribution in [2.75, 3.05) is 4.90 Å². The van der Waals surface area contributed by atoms with Crippen LogP contribution < -0.4 is 4.90 Å². The third-order valence-corrected chi connectivity index (χ3v) is 10.8. The summed E-state index contributed by atoms with van der Waals surface area (Å²) in [5, 5.41) is 4.96. The summed E-state index contributed by atoms with van der Waals surface area (Å²) in [5.74, 6) is 0.941. The Balaban J connectivity index is 1.15. The number of hydrogen-bond acceptors (Lipinski definition) is 2. The first-order chi connectivity index (χ1) is 26.7. The van der Waals surface area contributed by atoms with Gasteiger partial charge in [-0.3, -0.25) is 4.57 Å². The molecular formula is C51H33N3. The summed E-state index contributed by atoms with van der Waals surface area (Å²) in [7, 11) is 0. The van der Waals surface area contributed by atoms with Crippen molar-refractivity contribution in [1.29, 1.82) is 0 Å². The summed E-state index contributed by atoms with van der Waals surface area (Å²) >= 11 is 0. The standard InChI is InChI=1S/C51H33N3/c1-3-14-36(15-4-1)51-52-46-20-11-21-48-50(46)54(51)47-27-26-41(33-49(47)53(48)45-18-5-2-6-19-45)44-31-42(39-24-22-34-12-7-9-16-37(34)28-39)30-43(32-44)40-25-23-35-13-8-10-17-38(35)29-40/h1-33H. The molecule has 0 bridgehead atoms. The third kappa shape index (κ3) is 4.94. The Morgan fingerprint density at radius 3 is 1.48 bits per heavy atom. The number of nitrogens with zero attached hydrogens (tertiary/aromatic N) is 3. The van der Waals surface area contributed by atoms with Gasteiger partial charge in [-0.25, -0.2) is 4.98 Å². The van der Waals surface area contributed by atoms with Gasteiger partial charge in [-0.1, -0.05) is 133 Å². The topological polar surface area (TPSA) is 21.1 Å². The molecule has 0 unspecified atom stereocenters. The summed E-state index contributed by atoms with van der Waals surface area (Å²) in [6.07, 6.45) is 0. The predicted octanol–water partition coefficient (Wildman–Crippen LogP) is 13.8. The molecule has 1 aromatic heterocycles. The summed E-state index contributed by atoms with van der Waals surface area (Å²) in [4.78, 5) is 7.63. The van der Waals surface area contributed by atoms with Crippen molar-refractivity contribution in [2.45, 2.75) is 0 Å². The predicted molar refractivity (Wildman–Crippen MR) is 226 cm³/mol. The highest BCUT2D eigenvalue weighted by Gasteiger charge is 2.30. The molecule has 54 heavy (non-hydrogen) atoms. The second kappa shape index (κ2) is 12.2. The smallest absolute Gasteiger partial charge is 0.145 e. The van der Waals surface area contributed by atoms with Crippen molar-refractivity contribution in [3.05, 3.63) is 200 Å².